The van der Waals surface area contributed by atoms with E-state index in [9.17, 15) is 9.59 Å². The summed E-state index contributed by atoms with van der Waals surface area (Å²) >= 11 is 0. The summed E-state index contributed by atoms with van der Waals surface area (Å²) in [6.07, 6.45) is 1.89. The number of imidazole rings is 1. The molecule has 0 atom stereocenters. The fourth-order valence-corrected chi connectivity index (χ4v) is 3.21. The lowest BCUT2D eigenvalue weighted by molar-refractivity contribution is -0.114. The van der Waals surface area contributed by atoms with Crippen LogP contribution in [0.2, 0.25) is 0 Å². The first-order chi connectivity index (χ1) is 14.0. The second kappa shape index (κ2) is 7.59. The zero-order valence-corrected chi connectivity index (χ0v) is 16.1. The van der Waals surface area contributed by atoms with Crippen molar-refractivity contribution in [3.63, 3.8) is 0 Å². The van der Waals surface area contributed by atoms with Crippen LogP contribution in [-0.4, -0.2) is 21.2 Å². The first-order valence-electron chi connectivity index (χ1n) is 9.25. The predicted octanol–water partition coefficient (Wildman–Crippen LogP) is 4.52. The van der Waals surface area contributed by atoms with Crippen LogP contribution in [0.25, 0.3) is 16.9 Å². The first-order valence-corrected chi connectivity index (χ1v) is 9.25. The molecule has 0 radical (unpaired) electrons. The van der Waals surface area contributed by atoms with E-state index in [1.807, 2.05) is 60.0 Å². The molecule has 0 saturated heterocycles. The zero-order chi connectivity index (χ0) is 20.4. The summed E-state index contributed by atoms with van der Waals surface area (Å²) in [5.41, 5.74) is 4.58. The maximum atomic E-state index is 12.9. The van der Waals surface area contributed by atoms with Crippen LogP contribution >= 0.6 is 0 Å². The summed E-state index contributed by atoms with van der Waals surface area (Å²) in [7, 11) is 0. The van der Waals surface area contributed by atoms with Gasteiger partial charge in [-0.15, -0.1) is 0 Å². The summed E-state index contributed by atoms with van der Waals surface area (Å²) in [6, 6.07) is 20.4. The van der Waals surface area contributed by atoms with E-state index in [0.29, 0.717) is 22.8 Å². The molecule has 2 amide bonds. The number of carbonyl (C=O) groups is 2. The molecule has 29 heavy (non-hydrogen) atoms. The molecule has 0 fully saturated rings. The van der Waals surface area contributed by atoms with E-state index in [2.05, 4.69) is 10.6 Å². The van der Waals surface area contributed by atoms with Crippen molar-refractivity contribution in [3.8, 4) is 11.3 Å². The average Bonchev–Trinajstić information content (AvgIpc) is 3.08. The number of hydrogen-bond donors (Lipinski definition) is 2. The number of anilines is 2. The number of nitrogens with zero attached hydrogens (tertiary/aromatic N) is 2. The van der Waals surface area contributed by atoms with Gasteiger partial charge < -0.3 is 10.6 Å². The summed E-state index contributed by atoms with van der Waals surface area (Å²) in [5, 5.41) is 5.70. The maximum absolute atomic E-state index is 12.9. The number of pyridine rings is 1. The van der Waals surface area contributed by atoms with E-state index in [1.165, 1.54) is 6.92 Å². The fourth-order valence-electron chi connectivity index (χ4n) is 3.21. The molecule has 6 heteroatoms. The smallest absolute Gasteiger partial charge is 0.256 e. The Kier molecular flexibility index (Phi) is 4.83. The van der Waals surface area contributed by atoms with Gasteiger partial charge in [0, 0.05) is 29.9 Å². The number of aryl methyl sites for hydroxylation is 1. The zero-order valence-electron chi connectivity index (χ0n) is 16.1. The van der Waals surface area contributed by atoms with E-state index in [0.717, 1.165) is 16.8 Å². The third-order valence-corrected chi connectivity index (χ3v) is 4.59. The molecule has 0 aliphatic carbocycles. The van der Waals surface area contributed by atoms with Crippen LogP contribution in [0.3, 0.4) is 0 Å². The van der Waals surface area contributed by atoms with Gasteiger partial charge in [0.25, 0.3) is 5.91 Å². The van der Waals surface area contributed by atoms with Crippen molar-refractivity contribution in [3.05, 3.63) is 84.1 Å². The van der Waals surface area contributed by atoms with Gasteiger partial charge >= 0.3 is 0 Å². The number of hydrogen-bond acceptors (Lipinski definition) is 3. The Morgan fingerprint density at radius 3 is 2.31 bits per heavy atom. The second-order valence-electron chi connectivity index (χ2n) is 6.77. The molecular weight excluding hydrogens is 364 g/mol. The number of nitrogens with one attached hydrogen (secondary N) is 2. The molecule has 4 aromatic rings. The molecule has 144 valence electrons. The standard InChI is InChI=1S/C23H20N4O2/c1-15-7-6-14-27-21(15)25-20(17-8-4-3-5-9-17)22(27)26-23(29)18-10-12-19(13-11-18)24-16(2)28/h3-14H,1-2H3,(H,24,28)(H,26,29). The molecule has 0 saturated carbocycles. The number of aromatic nitrogens is 2. The highest BCUT2D eigenvalue weighted by molar-refractivity contribution is 6.06. The highest BCUT2D eigenvalue weighted by atomic mass is 16.2. The predicted molar refractivity (Wildman–Crippen MR) is 114 cm³/mol. The van der Waals surface area contributed by atoms with E-state index in [-0.39, 0.29) is 11.8 Å². The summed E-state index contributed by atoms with van der Waals surface area (Å²) in [6.45, 7) is 3.43. The molecule has 0 spiro atoms. The van der Waals surface area contributed by atoms with E-state index in [1.54, 1.807) is 24.3 Å². The third-order valence-electron chi connectivity index (χ3n) is 4.59. The lowest BCUT2D eigenvalue weighted by atomic mass is 10.1. The lowest BCUT2D eigenvalue weighted by Gasteiger charge is -2.09. The van der Waals surface area contributed by atoms with Gasteiger partial charge in [0.05, 0.1) is 0 Å². The van der Waals surface area contributed by atoms with Crippen molar-refractivity contribution < 1.29 is 9.59 Å². The number of carbonyl (C=O) groups excluding carboxylic acids is 2. The van der Waals surface area contributed by atoms with Gasteiger partial charge in [-0.1, -0.05) is 36.4 Å². The SMILES string of the molecule is CC(=O)Nc1ccc(C(=O)Nc2c(-c3ccccc3)nc3c(C)cccn23)cc1. The van der Waals surface area contributed by atoms with Gasteiger partial charge in [0.2, 0.25) is 5.91 Å². The molecule has 0 unspecified atom stereocenters. The van der Waals surface area contributed by atoms with Gasteiger partial charge in [0.1, 0.15) is 17.2 Å². The molecule has 2 heterocycles. The van der Waals surface area contributed by atoms with Crippen molar-refractivity contribution in [2.75, 3.05) is 10.6 Å². The molecule has 2 N–H and O–H groups in total. The largest absolute Gasteiger partial charge is 0.326 e. The van der Waals surface area contributed by atoms with E-state index in [4.69, 9.17) is 4.98 Å². The van der Waals surface area contributed by atoms with E-state index < -0.39 is 0 Å². The van der Waals surface area contributed by atoms with Gasteiger partial charge in [-0.25, -0.2) is 4.98 Å². The quantitative estimate of drug-likeness (QED) is 0.543. The highest BCUT2D eigenvalue weighted by Gasteiger charge is 2.18. The van der Waals surface area contributed by atoms with Crippen molar-refractivity contribution in [1.29, 1.82) is 0 Å². The van der Waals surface area contributed by atoms with E-state index >= 15 is 0 Å². The van der Waals surface area contributed by atoms with Crippen molar-refractivity contribution in [2.24, 2.45) is 0 Å². The number of fused-ring (bicyclic) bond motifs is 1. The van der Waals surface area contributed by atoms with Crippen LogP contribution in [0.15, 0.2) is 72.9 Å². The minimum Gasteiger partial charge on any atom is -0.326 e. The summed E-state index contributed by atoms with van der Waals surface area (Å²) in [4.78, 5) is 28.9. The van der Waals surface area contributed by atoms with Crippen LogP contribution in [0.1, 0.15) is 22.8 Å². The molecule has 2 aromatic heterocycles. The molecule has 0 aliphatic rings. The normalized spacial score (nSPS) is 10.7. The van der Waals surface area contributed by atoms with Crippen LogP contribution in [0, 0.1) is 6.92 Å². The number of rotatable bonds is 4. The number of amides is 2. The Balaban J connectivity index is 1.72. The van der Waals surface area contributed by atoms with Crippen molar-refractivity contribution in [2.45, 2.75) is 13.8 Å². The molecule has 0 aliphatic heterocycles. The summed E-state index contributed by atoms with van der Waals surface area (Å²) < 4.78 is 1.89. The molecule has 4 rings (SSSR count). The topological polar surface area (TPSA) is 75.5 Å². The average molecular weight is 384 g/mol. The molecule has 0 bridgehead atoms. The van der Waals surface area contributed by atoms with Crippen LogP contribution in [-0.2, 0) is 4.79 Å². The Hall–Kier alpha value is -3.93. The third kappa shape index (κ3) is 3.73. The highest BCUT2D eigenvalue weighted by Crippen LogP contribution is 2.30. The minimum atomic E-state index is -0.250. The van der Waals surface area contributed by atoms with Gasteiger partial charge in [-0.3, -0.25) is 14.0 Å². The van der Waals surface area contributed by atoms with Gasteiger partial charge in [-0.05, 0) is 42.8 Å². The fraction of sp³-hybridized carbons (Fsp3) is 0.0870. The van der Waals surface area contributed by atoms with Crippen molar-refractivity contribution in [1.82, 2.24) is 9.38 Å². The molecular formula is C23H20N4O2. The Morgan fingerprint density at radius 1 is 0.897 bits per heavy atom. The Bertz CT molecular complexity index is 1200. The Morgan fingerprint density at radius 2 is 1.62 bits per heavy atom. The first kappa shape index (κ1) is 18.4. The maximum Gasteiger partial charge on any atom is 0.256 e. The summed E-state index contributed by atoms with van der Waals surface area (Å²) in [5.74, 6) is 0.210. The van der Waals surface area contributed by atoms with Crippen LogP contribution in [0.4, 0.5) is 11.5 Å². The van der Waals surface area contributed by atoms with Crippen LogP contribution in [0.5, 0.6) is 0 Å². The lowest BCUT2D eigenvalue weighted by Crippen LogP contribution is -2.14. The Labute approximate surface area is 168 Å². The molecule has 2 aromatic carbocycles. The molecule has 6 nitrogen and oxygen atoms in total. The monoisotopic (exact) mass is 384 g/mol. The van der Waals surface area contributed by atoms with Gasteiger partial charge in [0.15, 0.2) is 0 Å². The minimum absolute atomic E-state index is 0.157. The van der Waals surface area contributed by atoms with Crippen molar-refractivity contribution >= 4 is 29.0 Å². The second-order valence-corrected chi connectivity index (χ2v) is 6.77. The van der Waals surface area contributed by atoms with Crippen LogP contribution < -0.4 is 10.6 Å². The van der Waals surface area contributed by atoms with Gasteiger partial charge in [-0.2, -0.15) is 0 Å². The number of benzene rings is 2.